The monoisotopic (exact) mass is 970 g/mol. The summed E-state index contributed by atoms with van der Waals surface area (Å²) in [5.74, 6) is 0. The molecular weight excluding hydrogens is 909 g/mol. The Morgan fingerprint density at radius 1 is 0.347 bits per heavy atom. The van der Waals surface area contributed by atoms with Crippen molar-refractivity contribution in [3.05, 3.63) is 251 Å². The summed E-state index contributed by atoms with van der Waals surface area (Å²) in [4.78, 5) is 0. The number of fused-ring (bicyclic) bond motifs is 1. The van der Waals surface area contributed by atoms with E-state index in [2.05, 4.69) is 0 Å². The van der Waals surface area contributed by atoms with Crippen molar-refractivity contribution < 1.29 is 52.1 Å². The minimum Gasteiger partial charge on any atom is -0.374 e. The molecule has 7 aromatic carbocycles. The van der Waals surface area contributed by atoms with Gasteiger partial charge >= 0.3 is 0 Å². The summed E-state index contributed by atoms with van der Waals surface area (Å²) in [7, 11) is 0. The number of hydrogen-bond acceptors (Lipinski definition) is 11. The summed E-state index contributed by atoms with van der Waals surface area (Å²) in [6.45, 7) is 1.96. The van der Waals surface area contributed by atoms with Crippen molar-refractivity contribution in [2.75, 3.05) is 13.2 Å². The molecule has 0 bridgehead atoms. The third kappa shape index (κ3) is 13.4. The zero-order chi connectivity index (χ0) is 48.6. The van der Waals surface area contributed by atoms with E-state index in [9.17, 15) is 0 Å². The summed E-state index contributed by atoms with van der Waals surface area (Å²) in [5.41, 5.74) is 6.81. The third-order valence-electron chi connectivity index (χ3n) is 13.0. The SMILES string of the molecule is c1ccc(COCC2O[C@@H](OCc3ccccc3)C(OCc3ccccc3)C(OCc3ccccc3)[C@@H]2O[C@H]2OC3COC(c4ccccc4)O[C@H]3C(OCc3ccccc3)C2OCc2ccccc2)cc1. The molecular formula is C61H62O11. The Kier molecular flexibility index (Phi) is 17.7. The number of rotatable bonds is 22. The molecule has 0 aromatic heterocycles. The Balaban J connectivity index is 1.03. The average molecular weight is 971 g/mol. The second-order valence-electron chi connectivity index (χ2n) is 18.2. The predicted molar refractivity (Wildman–Crippen MR) is 270 cm³/mol. The fourth-order valence-corrected chi connectivity index (χ4v) is 9.32. The highest BCUT2D eigenvalue weighted by Crippen LogP contribution is 2.40. The summed E-state index contributed by atoms with van der Waals surface area (Å²) in [6.07, 6.45) is -8.59. The lowest BCUT2D eigenvalue weighted by molar-refractivity contribution is -0.398. The molecule has 0 spiro atoms. The van der Waals surface area contributed by atoms with E-state index in [0.717, 1.165) is 38.9 Å². The van der Waals surface area contributed by atoms with E-state index in [1.54, 1.807) is 0 Å². The molecule has 0 aliphatic carbocycles. The summed E-state index contributed by atoms with van der Waals surface area (Å²) in [5, 5.41) is 0. The van der Waals surface area contributed by atoms with Crippen LogP contribution in [0.3, 0.4) is 0 Å². The van der Waals surface area contributed by atoms with E-state index < -0.39 is 67.7 Å². The second kappa shape index (κ2) is 25.7. The van der Waals surface area contributed by atoms with Crippen molar-refractivity contribution in [3.63, 3.8) is 0 Å². The Morgan fingerprint density at radius 3 is 1.21 bits per heavy atom. The first kappa shape index (κ1) is 49.7. The van der Waals surface area contributed by atoms with Crippen LogP contribution in [0.2, 0.25) is 0 Å². The van der Waals surface area contributed by atoms with E-state index in [4.69, 9.17) is 52.1 Å². The van der Waals surface area contributed by atoms with Gasteiger partial charge in [-0.15, -0.1) is 0 Å². The van der Waals surface area contributed by atoms with E-state index >= 15 is 0 Å². The van der Waals surface area contributed by atoms with Crippen molar-refractivity contribution in [1.82, 2.24) is 0 Å². The molecule has 3 fully saturated rings. The van der Waals surface area contributed by atoms with Crippen LogP contribution in [0.25, 0.3) is 0 Å². The van der Waals surface area contributed by atoms with E-state index in [1.807, 2.05) is 212 Å². The zero-order valence-corrected chi connectivity index (χ0v) is 40.2. The number of hydrogen-bond donors (Lipinski definition) is 0. The topological polar surface area (TPSA) is 102 Å². The smallest absolute Gasteiger partial charge is 0.187 e. The van der Waals surface area contributed by atoms with Crippen LogP contribution in [0.1, 0.15) is 45.2 Å². The lowest BCUT2D eigenvalue weighted by atomic mass is 9.95. The zero-order valence-electron chi connectivity index (χ0n) is 40.2. The van der Waals surface area contributed by atoms with Crippen molar-refractivity contribution in [2.24, 2.45) is 0 Å². The molecule has 7 unspecified atom stereocenters. The first-order valence-corrected chi connectivity index (χ1v) is 24.9. The van der Waals surface area contributed by atoms with Gasteiger partial charge < -0.3 is 52.1 Å². The summed E-state index contributed by atoms with van der Waals surface area (Å²) >= 11 is 0. The lowest BCUT2D eigenvalue weighted by Gasteiger charge is -2.51. The van der Waals surface area contributed by atoms with Crippen LogP contribution >= 0.6 is 0 Å². The lowest BCUT2D eigenvalue weighted by Crippen LogP contribution is -2.67. The number of benzene rings is 7. The first-order valence-electron chi connectivity index (χ1n) is 24.9. The highest BCUT2D eigenvalue weighted by Gasteiger charge is 2.56. The van der Waals surface area contributed by atoms with Crippen molar-refractivity contribution >= 4 is 0 Å². The highest BCUT2D eigenvalue weighted by molar-refractivity contribution is 5.20. The van der Waals surface area contributed by atoms with Gasteiger partial charge in [-0.25, -0.2) is 0 Å². The van der Waals surface area contributed by atoms with Crippen LogP contribution in [0.15, 0.2) is 212 Å². The van der Waals surface area contributed by atoms with E-state index in [0.29, 0.717) is 6.61 Å². The average Bonchev–Trinajstić information content (AvgIpc) is 3.45. The van der Waals surface area contributed by atoms with Crippen LogP contribution in [0.5, 0.6) is 0 Å². The molecule has 3 aliphatic rings. The molecule has 3 saturated heterocycles. The van der Waals surface area contributed by atoms with Gasteiger partial charge in [-0.3, -0.25) is 0 Å². The summed E-state index contributed by atoms with van der Waals surface area (Å²) in [6, 6.07) is 70.2. The number of ether oxygens (including phenoxy) is 11. The Bertz CT molecular complexity index is 2600. The van der Waals surface area contributed by atoms with E-state index in [-0.39, 0.29) is 46.2 Å². The van der Waals surface area contributed by atoms with Gasteiger partial charge in [-0.05, 0) is 33.4 Å². The molecule has 72 heavy (non-hydrogen) atoms. The standard InChI is InChI=1S/C61H62O11/c1-8-22-44(23-9-1)36-62-42-51-53(55(63-37-45-24-10-2-11-25-45)57(65-39-47-28-14-4-15-29-47)60(69-51)67-41-49-32-18-6-19-33-49)72-61-58(66-40-48-30-16-5-17-31-48)56(64-38-46-26-12-3-13-27-46)54-52(70-61)43-68-59(71-54)50-34-20-7-21-35-50/h1-35,51-61H,36-43H2/t51?,52?,53-,54-,55?,56?,57?,58?,59?,60-,61-/m1/s1. The fourth-order valence-electron chi connectivity index (χ4n) is 9.32. The van der Waals surface area contributed by atoms with Gasteiger partial charge in [0.05, 0.1) is 52.9 Å². The first-order chi connectivity index (χ1) is 35.7. The Morgan fingerprint density at radius 2 is 0.736 bits per heavy atom. The maximum Gasteiger partial charge on any atom is 0.187 e. The van der Waals surface area contributed by atoms with Crippen molar-refractivity contribution in [1.29, 1.82) is 0 Å². The van der Waals surface area contributed by atoms with Crippen LogP contribution in [0.4, 0.5) is 0 Å². The molecule has 7 aromatic rings. The summed E-state index contributed by atoms with van der Waals surface area (Å²) < 4.78 is 76.4. The van der Waals surface area contributed by atoms with Gasteiger partial charge in [0.25, 0.3) is 0 Å². The molecule has 0 saturated carbocycles. The molecule has 0 N–H and O–H groups in total. The minimum absolute atomic E-state index is 0.120. The minimum atomic E-state index is -1.05. The van der Waals surface area contributed by atoms with Crippen molar-refractivity contribution in [2.45, 2.75) is 107 Å². The van der Waals surface area contributed by atoms with Gasteiger partial charge in [0, 0.05) is 5.56 Å². The molecule has 0 amide bonds. The van der Waals surface area contributed by atoms with Crippen LogP contribution in [0, 0.1) is 0 Å². The Hall–Kier alpha value is -5.90. The maximum absolute atomic E-state index is 7.48. The quantitative estimate of drug-likeness (QED) is 0.0649. The highest BCUT2D eigenvalue weighted by atomic mass is 16.8. The normalized spacial score (nSPS) is 26.1. The van der Waals surface area contributed by atoms with Crippen molar-refractivity contribution in [3.8, 4) is 0 Å². The predicted octanol–water partition coefficient (Wildman–Crippen LogP) is 10.7. The molecule has 0 radical (unpaired) electrons. The molecule has 3 aliphatic heterocycles. The van der Waals surface area contributed by atoms with E-state index in [1.165, 1.54) is 0 Å². The molecule has 372 valence electrons. The van der Waals surface area contributed by atoms with Crippen LogP contribution in [-0.4, -0.2) is 74.6 Å². The van der Waals surface area contributed by atoms with Gasteiger partial charge in [0.15, 0.2) is 18.9 Å². The fraction of sp³-hybridized carbons (Fsp3) is 0.311. The van der Waals surface area contributed by atoms with Gasteiger partial charge in [-0.1, -0.05) is 212 Å². The molecule has 11 nitrogen and oxygen atoms in total. The molecule has 3 heterocycles. The Labute approximate surface area is 422 Å². The maximum atomic E-state index is 7.48. The van der Waals surface area contributed by atoms with Crippen LogP contribution < -0.4 is 0 Å². The van der Waals surface area contributed by atoms with Gasteiger partial charge in [0.2, 0.25) is 0 Å². The largest absolute Gasteiger partial charge is 0.374 e. The third-order valence-corrected chi connectivity index (χ3v) is 13.0. The van der Waals surface area contributed by atoms with Gasteiger partial charge in [-0.2, -0.15) is 0 Å². The molecule has 10 rings (SSSR count). The molecule has 11 atom stereocenters. The second-order valence-corrected chi connectivity index (χ2v) is 18.2. The molecule has 11 heteroatoms. The van der Waals surface area contributed by atoms with Crippen LogP contribution in [-0.2, 0) is 91.7 Å². The van der Waals surface area contributed by atoms with Gasteiger partial charge in [0.1, 0.15) is 48.8 Å².